The van der Waals surface area contributed by atoms with Crippen molar-refractivity contribution >= 4 is 17.6 Å². The van der Waals surface area contributed by atoms with Crippen LogP contribution in [0.4, 0.5) is 8.78 Å². The van der Waals surface area contributed by atoms with Crippen molar-refractivity contribution < 1.29 is 23.2 Å². The van der Waals surface area contributed by atoms with Crippen LogP contribution < -0.4 is 5.32 Å². The number of aromatic amines is 1. The number of carbonyl (C=O) groups is 3. The number of amides is 2. The van der Waals surface area contributed by atoms with E-state index < -0.39 is 17.7 Å². The summed E-state index contributed by atoms with van der Waals surface area (Å²) >= 11 is 0. The van der Waals surface area contributed by atoms with Crippen LogP contribution in [0.25, 0.3) is 11.3 Å². The van der Waals surface area contributed by atoms with Gasteiger partial charge in [0.15, 0.2) is 5.78 Å². The van der Waals surface area contributed by atoms with Gasteiger partial charge >= 0.3 is 0 Å². The number of benzene rings is 1. The lowest BCUT2D eigenvalue weighted by Crippen LogP contribution is -2.50. The van der Waals surface area contributed by atoms with Crippen molar-refractivity contribution in [2.24, 2.45) is 5.92 Å². The van der Waals surface area contributed by atoms with E-state index in [1.807, 2.05) is 11.8 Å². The molecule has 7 nitrogen and oxygen atoms in total. The molecule has 1 aliphatic heterocycles. The first-order chi connectivity index (χ1) is 17.2. The molecule has 2 N–H and O–H groups in total. The molecule has 0 spiro atoms. The van der Waals surface area contributed by atoms with Crippen LogP contribution in [0.15, 0.2) is 24.4 Å². The third kappa shape index (κ3) is 5.99. The second kappa shape index (κ2) is 11.3. The predicted molar refractivity (Wildman–Crippen MR) is 131 cm³/mol. The molecule has 36 heavy (non-hydrogen) atoms. The van der Waals surface area contributed by atoms with E-state index in [4.69, 9.17) is 0 Å². The molecular formula is C27H34F2N4O3. The molecule has 1 saturated heterocycles. The number of imidazole rings is 1. The molecule has 1 aliphatic carbocycles. The molecule has 2 aromatic rings. The number of likely N-dealkylation sites (tertiary alicyclic amines) is 1. The Morgan fingerprint density at radius 2 is 1.92 bits per heavy atom. The van der Waals surface area contributed by atoms with Crippen molar-refractivity contribution in [2.45, 2.75) is 83.2 Å². The maximum absolute atomic E-state index is 14.2. The lowest BCUT2D eigenvalue weighted by molar-refractivity contribution is -0.139. The molecule has 1 aromatic carbocycles. The summed E-state index contributed by atoms with van der Waals surface area (Å²) in [7, 11) is 0. The number of nitrogens with zero attached hydrogens (tertiary/aromatic N) is 2. The van der Waals surface area contributed by atoms with Gasteiger partial charge in [-0.05, 0) is 51.2 Å². The smallest absolute Gasteiger partial charge is 0.225 e. The van der Waals surface area contributed by atoms with Gasteiger partial charge in [-0.15, -0.1) is 0 Å². The molecule has 1 saturated carbocycles. The number of H-pyrrole nitrogens is 1. The zero-order valence-electron chi connectivity index (χ0n) is 20.9. The minimum absolute atomic E-state index is 0.0529. The van der Waals surface area contributed by atoms with Crippen LogP contribution in [0.2, 0.25) is 0 Å². The number of Topliss-reactive ketones (excluding diaryl/α,β-unsaturated/α-hetero) is 1. The van der Waals surface area contributed by atoms with Gasteiger partial charge in [0.25, 0.3) is 0 Å². The van der Waals surface area contributed by atoms with Gasteiger partial charge < -0.3 is 15.2 Å². The number of halogens is 2. The van der Waals surface area contributed by atoms with E-state index in [0.717, 1.165) is 44.6 Å². The van der Waals surface area contributed by atoms with E-state index in [1.165, 1.54) is 18.3 Å². The van der Waals surface area contributed by atoms with Crippen molar-refractivity contribution in [1.29, 1.82) is 0 Å². The summed E-state index contributed by atoms with van der Waals surface area (Å²) in [6.07, 6.45) is 6.99. The standard InChI is InChI=1S/C27H34F2N4O3/c1-16(26-30-15-23(31-26)20-10-9-19(28)13-21(20)29)12-24(34)22(32-27(36)18-7-5-8-18)14-25(35)33-11-4-3-6-17(33)2/h9-10,13,15-18,22H,3-8,11-12,14H2,1-2H3,(H,30,31)(H,32,36)/t16-,17+,22+/m1/s1. The Labute approximate surface area is 210 Å². The van der Waals surface area contributed by atoms with Gasteiger partial charge in [0.05, 0.1) is 24.4 Å². The Morgan fingerprint density at radius 1 is 1.14 bits per heavy atom. The van der Waals surface area contributed by atoms with Gasteiger partial charge in [-0.2, -0.15) is 0 Å². The maximum atomic E-state index is 14.2. The topological polar surface area (TPSA) is 95.2 Å². The summed E-state index contributed by atoms with van der Waals surface area (Å²) in [5.74, 6) is -1.88. The van der Waals surface area contributed by atoms with Gasteiger partial charge in [0.2, 0.25) is 11.8 Å². The average Bonchev–Trinajstić information content (AvgIpc) is 3.27. The van der Waals surface area contributed by atoms with E-state index in [1.54, 1.807) is 6.92 Å². The van der Waals surface area contributed by atoms with Gasteiger partial charge in [-0.3, -0.25) is 14.4 Å². The second-order valence-electron chi connectivity index (χ2n) is 10.2. The van der Waals surface area contributed by atoms with Crippen LogP contribution in [0.5, 0.6) is 0 Å². The van der Waals surface area contributed by atoms with E-state index in [0.29, 0.717) is 18.1 Å². The minimum atomic E-state index is -0.897. The van der Waals surface area contributed by atoms with E-state index in [9.17, 15) is 23.2 Å². The van der Waals surface area contributed by atoms with Crippen molar-refractivity contribution in [3.8, 4) is 11.3 Å². The largest absolute Gasteiger partial charge is 0.346 e. The van der Waals surface area contributed by atoms with Crippen molar-refractivity contribution in [3.05, 3.63) is 41.9 Å². The second-order valence-corrected chi connectivity index (χ2v) is 10.2. The molecular weight excluding hydrogens is 466 g/mol. The highest BCUT2D eigenvalue weighted by molar-refractivity contribution is 5.94. The fourth-order valence-electron chi connectivity index (χ4n) is 4.94. The third-order valence-electron chi connectivity index (χ3n) is 7.47. The third-order valence-corrected chi connectivity index (χ3v) is 7.47. The first-order valence-electron chi connectivity index (χ1n) is 12.9. The van der Waals surface area contributed by atoms with Gasteiger partial charge in [0, 0.05) is 42.5 Å². The lowest BCUT2D eigenvalue weighted by Gasteiger charge is -2.35. The van der Waals surface area contributed by atoms with E-state index in [2.05, 4.69) is 15.3 Å². The number of aromatic nitrogens is 2. The predicted octanol–water partition coefficient (Wildman–Crippen LogP) is 4.49. The molecule has 2 fully saturated rings. The Kier molecular flexibility index (Phi) is 8.16. The Morgan fingerprint density at radius 3 is 2.58 bits per heavy atom. The van der Waals surface area contributed by atoms with Gasteiger partial charge in [0.1, 0.15) is 17.5 Å². The first-order valence-corrected chi connectivity index (χ1v) is 12.9. The summed E-state index contributed by atoms with van der Waals surface area (Å²) in [5.41, 5.74) is 0.562. The average molecular weight is 501 g/mol. The highest BCUT2D eigenvalue weighted by atomic mass is 19.1. The normalized spacial score (nSPS) is 19.9. The van der Waals surface area contributed by atoms with Crippen LogP contribution in [-0.2, 0) is 14.4 Å². The molecule has 4 rings (SSSR count). The van der Waals surface area contributed by atoms with Crippen LogP contribution in [-0.4, -0.2) is 51.1 Å². The van der Waals surface area contributed by atoms with E-state index in [-0.39, 0.29) is 53.9 Å². The van der Waals surface area contributed by atoms with Crippen LogP contribution in [0.1, 0.15) is 77.0 Å². The fourth-order valence-corrected chi connectivity index (χ4v) is 4.94. The zero-order chi connectivity index (χ0) is 25.8. The number of ketones is 1. The summed E-state index contributed by atoms with van der Waals surface area (Å²) in [4.78, 5) is 48.2. The van der Waals surface area contributed by atoms with Crippen LogP contribution in [0, 0.1) is 17.6 Å². The highest BCUT2D eigenvalue weighted by Gasteiger charge is 2.33. The minimum Gasteiger partial charge on any atom is -0.346 e. The number of nitrogens with one attached hydrogen (secondary N) is 2. The molecule has 2 aliphatic rings. The molecule has 0 bridgehead atoms. The highest BCUT2D eigenvalue weighted by Crippen LogP contribution is 2.28. The zero-order valence-corrected chi connectivity index (χ0v) is 20.9. The Hall–Kier alpha value is -3.10. The quantitative estimate of drug-likeness (QED) is 0.530. The van der Waals surface area contributed by atoms with Crippen molar-refractivity contribution in [3.63, 3.8) is 0 Å². The fraction of sp³-hybridized carbons (Fsp3) is 0.556. The molecule has 194 valence electrons. The van der Waals surface area contributed by atoms with E-state index >= 15 is 0 Å². The number of rotatable bonds is 9. The van der Waals surface area contributed by atoms with Crippen molar-refractivity contribution in [1.82, 2.24) is 20.2 Å². The van der Waals surface area contributed by atoms with Crippen molar-refractivity contribution in [2.75, 3.05) is 6.54 Å². The molecule has 1 aromatic heterocycles. The van der Waals surface area contributed by atoms with Crippen LogP contribution in [0.3, 0.4) is 0 Å². The Balaban J connectivity index is 1.44. The summed E-state index contributed by atoms with van der Waals surface area (Å²) in [5, 5.41) is 2.85. The number of carbonyl (C=O) groups excluding carboxylic acids is 3. The summed E-state index contributed by atoms with van der Waals surface area (Å²) < 4.78 is 27.4. The molecule has 3 atom stereocenters. The lowest BCUT2D eigenvalue weighted by atomic mass is 9.84. The molecule has 0 radical (unpaired) electrons. The van der Waals surface area contributed by atoms with Crippen LogP contribution >= 0.6 is 0 Å². The number of piperidine rings is 1. The Bertz CT molecular complexity index is 1110. The maximum Gasteiger partial charge on any atom is 0.225 e. The SMILES string of the molecule is C[C@H](CC(=O)[C@H](CC(=O)N1CCCC[C@@H]1C)NC(=O)C1CCC1)c1ncc(-c2ccc(F)cc2F)[nH]1. The first kappa shape index (κ1) is 26.0. The molecule has 0 unspecified atom stereocenters. The monoisotopic (exact) mass is 500 g/mol. The van der Waals surface area contributed by atoms with Gasteiger partial charge in [-0.25, -0.2) is 13.8 Å². The molecule has 2 heterocycles. The van der Waals surface area contributed by atoms with Gasteiger partial charge in [-0.1, -0.05) is 13.3 Å². The number of hydrogen-bond acceptors (Lipinski definition) is 4. The summed E-state index contributed by atoms with van der Waals surface area (Å²) in [6.45, 7) is 4.49. The molecule has 2 amide bonds. The number of hydrogen-bond donors (Lipinski definition) is 2. The summed E-state index contributed by atoms with van der Waals surface area (Å²) in [6, 6.07) is 2.53. The molecule has 9 heteroatoms.